The number of thioether (sulfide) groups is 1. The first-order chi connectivity index (χ1) is 11.8. The fourth-order valence-electron chi connectivity index (χ4n) is 1.98. The second kappa shape index (κ2) is 8.65. The summed E-state index contributed by atoms with van der Waals surface area (Å²) < 4.78 is 5.27. The summed E-state index contributed by atoms with van der Waals surface area (Å²) in [6.45, 7) is 0.828. The minimum Gasteiger partial charge on any atom is -0.354 e. The molecule has 0 spiro atoms. The van der Waals surface area contributed by atoms with Crippen molar-refractivity contribution in [3.05, 3.63) is 53.6 Å². The number of hydrogen-bond donors (Lipinski definition) is 1. The summed E-state index contributed by atoms with van der Waals surface area (Å²) in [6.07, 6.45) is 4.44. The van der Waals surface area contributed by atoms with E-state index in [1.54, 1.807) is 30.2 Å². The smallest absolute Gasteiger partial charge is 0.236 e. The van der Waals surface area contributed by atoms with Crippen LogP contribution in [0.4, 0.5) is 5.95 Å². The molecule has 0 aliphatic heterocycles. The molecule has 0 aliphatic carbocycles. The number of benzene rings is 1. The molecule has 2 aromatic heterocycles. The van der Waals surface area contributed by atoms with E-state index in [1.807, 2.05) is 24.3 Å². The Morgan fingerprint density at radius 2 is 2.04 bits per heavy atom. The van der Waals surface area contributed by atoms with Gasteiger partial charge in [0.1, 0.15) is 0 Å². The van der Waals surface area contributed by atoms with Gasteiger partial charge >= 0.3 is 0 Å². The van der Waals surface area contributed by atoms with Crippen LogP contribution in [-0.4, -0.2) is 32.4 Å². The van der Waals surface area contributed by atoms with E-state index in [9.17, 15) is 0 Å². The minimum absolute atomic E-state index is 0.566. The van der Waals surface area contributed by atoms with Gasteiger partial charge in [0.05, 0.1) is 5.75 Å². The summed E-state index contributed by atoms with van der Waals surface area (Å²) >= 11 is 7.72. The van der Waals surface area contributed by atoms with Crippen LogP contribution in [0.5, 0.6) is 0 Å². The SMILES string of the molecule is Clc1cccc(-c2noc(CSCCCNc3ncccn3)n2)c1. The lowest BCUT2D eigenvalue weighted by atomic mass is 10.2. The normalized spacial score (nSPS) is 10.7. The second-order valence-corrected chi connectivity index (χ2v) is 6.47. The third-order valence-electron chi connectivity index (χ3n) is 3.09. The number of halogens is 1. The van der Waals surface area contributed by atoms with Gasteiger partial charge in [-0.2, -0.15) is 16.7 Å². The molecule has 0 fully saturated rings. The van der Waals surface area contributed by atoms with Gasteiger partial charge < -0.3 is 9.84 Å². The molecule has 6 nitrogen and oxygen atoms in total. The predicted octanol–water partition coefficient (Wildman–Crippen LogP) is 3.92. The summed E-state index contributed by atoms with van der Waals surface area (Å²) in [5, 5.41) is 7.83. The number of aromatic nitrogens is 4. The molecular weight excluding hydrogens is 346 g/mol. The van der Waals surface area contributed by atoms with Gasteiger partial charge in [-0.05, 0) is 30.4 Å². The maximum atomic E-state index is 5.97. The summed E-state index contributed by atoms with van der Waals surface area (Å²) in [5.41, 5.74) is 0.856. The van der Waals surface area contributed by atoms with Crippen molar-refractivity contribution in [3.8, 4) is 11.4 Å². The average Bonchev–Trinajstić information content (AvgIpc) is 3.08. The Balaban J connectivity index is 1.38. The Morgan fingerprint density at radius 3 is 2.88 bits per heavy atom. The van der Waals surface area contributed by atoms with Crippen LogP contribution in [0.25, 0.3) is 11.4 Å². The third kappa shape index (κ3) is 4.94. The summed E-state index contributed by atoms with van der Waals surface area (Å²) in [6, 6.07) is 9.21. The molecule has 24 heavy (non-hydrogen) atoms. The van der Waals surface area contributed by atoms with Gasteiger partial charge in [-0.25, -0.2) is 9.97 Å². The average molecular weight is 362 g/mol. The summed E-state index contributed by atoms with van der Waals surface area (Å²) in [4.78, 5) is 12.6. The van der Waals surface area contributed by atoms with Crippen molar-refractivity contribution in [2.75, 3.05) is 17.6 Å². The van der Waals surface area contributed by atoms with Crippen molar-refractivity contribution in [2.45, 2.75) is 12.2 Å². The van der Waals surface area contributed by atoms with Crippen molar-refractivity contribution in [3.63, 3.8) is 0 Å². The quantitative estimate of drug-likeness (QED) is 0.609. The van der Waals surface area contributed by atoms with Crippen molar-refractivity contribution in [1.29, 1.82) is 0 Å². The van der Waals surface area contributed by atoms with Crippen LogP contribution >= 0.6 is 23.4 Å². The van der Waals surface area contributed by atoms with Crippen LogP contribution in [0.3, 0.4) is 0 Å². The molecule has 0 saturated heterocycles. The lowest BCUT2D eigenvalue weighted by Crippen LogP contribution is -2.05. The maximum Gasteiger partial charge on any atom is 0.236 e. The van der Waals surface area contributed by atoms with Crippen molar-refractivity contribution in [1.82, 2.24) is 20.1 Å². The van der Waals surface area contributed by atoms with Crippen LogP contribution in [0.15, 0.2) is 47.2 Å². The lowest BCUT2D eigenvalue weighted by Gasteiger charge is -2.02. The van der Waals surface area contributed by atoms with Gasteiger partial charge in [0.25, 0.3) is 0 Å². The van der Waals surface area contributed by atoms with Crippen LogP contribution in [-0.2, 0) is 5.75 Å². The fraction of sp³-hybridized carbons (Fsp3) is 0.250. The van der Waals surface area contributed by atoms with Crippen LogP contribution in [0.1, 0.15) is 12.3 Å². The van der Waals surface area contributed by atoms with Crippen molar-refractivity contribution >= 4 is 29.3 Å². The van der Waals surface area contributed by atoms with Crippen LogP contribution < -0.4 is 5.32 Å². The molecule has 0 saturated carbocycles. The number of hydrogen-bond acceptors (Lipinski definition) is 7. The predicted molar refractivity (Wildman–Crippen MR) is 96.0 cm³/mol. The topological polar surface area (TPSA) is 76.7 Å². The first-order valence-corrected chi connectivity index (χ1v) is 9.02. The molecule has 0 radical (unpaired) electrons. The standard InChI is InChI=1S/C16H16ClN5OS/c17-13-5-1-4-12(10-13)15-21-14(23-22-15)11-24-9-3-8-20-16-18-6-2-7-19-16/h1-2,4-7,10H,3,8-9,11H2,(H,18,19,20). The van der Waals surface area contributed by atoms with Crippen LogP contribution in [0.2, 0.25) is 5.02 Å². The number of anilines is 1. The molecule has 0 aliphatic rings. The summed E-state index contributed by atoms with van der Waals surface area (Å²) in [5.74, 6) is 3.51. The molecule has 8 heteroatoms. The van der Waals surface area contributed by atoms with E-state index < -0.39 is 0 Å². The van der Waals surface area contributed by atoms with E-state index in [-0.39, 0.29) is 0 Å². The summed E-state index contributed by atoms with van der Waals surface area (Å²) in [7, 11) is 0. The first-order valence-electron chi connectivity index (χ1n) is 7.48. The van der Waals surface area contributed by atoms with E-state index >= 15 is 0 Å². The Bertz CT molecular complexity index is 768. The highest BCUT2D eigenvalue weighted by Crippen LogP contribution is 2.21. The van der Waals surface area contributed by atoms with E-state index in [0.717, 1.165) is 24.3 Å². The van der Waals surface area contributed by atoms with E-state index in [2.05, 4.69) is 25.4 Å². The first kappa shape index (κ1) is 16.7. The van der Waals surface area contributed by atoms with Gasteiger partial charge in [-0.3, -0.25) is 0 Å². The number of nitrogens with zero attached hydrogens (tertiary/aromatic N) is 4. The zero-order chi connectivity index (χ0) is 16.6. The highest BCUT2D eigenvalue weighted by molar-refractivity contribution is 7.98. The van der Waals surface area contributed by atoms with Crippen molar-refractivity contribution < 1.29 is 4.52 Å². The largest absolute Gasteiger partial charge is 0.354 e. The molecule has 0 bridgehead atoms. The molecule has 2 heterocycles. The minimum atomic E-state index is 0.566. The van der Waals surface area contributed by atoms with E-state index in [0.29, 0.717) is 28.4 Å². The molecule has 3 aromatic rings. The Labute approximate surface area is 149 Å². The Morgan fingerprint density at radius 1 is 1.17 bits per heavy atom. The molecule has 0 atom stereocenters. The highest BCUT2D eigenvalue weighted by atomic mass is 35.5. The van der Waals surface area contributed by atoms with Crippen LogP contribution in [0, 0.1) is 0 Å². The molecule has 0 amide bonds. The Hall–Kier alpha value is -2.12. The third-order valence-corrected chi connectivity index (χ3v) is 4.35. The lowest BCUT2D eigenvalue weighted by molar-refractivity contribution is 0.391. The second-order valence-electron chi connectivity index (χ2n) is 4.93. The van der Waals surface area contributed by atoms with Gasteiger partial charge in [0.15, 0.2) is 0 Å². The monoisotopic (exact) mass is 361 g/mol. The maximum absolute atomic E-state index is 5.97. The number of rotatable bonds is 8. The Kier molecular flexibility index (Phi) is 6.03. The van der Waals surface area contributed by atoms with E-state index in [1.165, 1.54) is 0 Å². The van der Waals surface area contributed by atoms with Gasteiger partial charge in [0, 0.05) is 29.5 Å². The van der Waals surface area contributed by atoms with Crippen molar-refractivity contribution in [2.24, 2.45) is 0 Å². The zero-order valence-corrected chi connectivity index (χ0v) is 14.4. The molecule has 3 rings (SSSR count). The molecule has 1 N–H and O–H groups in total. The van der Waals surface area contributed by atoms with Gasteiger partial charge in [0.2, 0.25) is 17.7 Å². The van der Waals surface area contributed by atoms with Gasteiger partial charge in [-0.1, -0.05) is 28.9 Å². The fourth-order valence-corrected chi connectivity index (χ4v) is 2.96. The zero-order valence-electron chi connectivity index (χ0n) is 12.9. The van der Waals surface area contributed by atoms with E-state index in [4.69, 9.17) is 16.1 Å². The highest BCUT2D eigenvalue weighted by Gasteiger charge is 2.08. The molecule has 1 aromatic carbocycles. The van der Waals surface area contributed by atoms with Gasteiger partial charge in [-0.15, -0.1) is 0 Å². The molecular formula is C16H16ClN5OS. The number of nitrogens with one attached hydrogen (secondary N) is 1. The molecule has 124 valence electrons. The molecule has 0 unspecified atom stereocenters.